The van der Waals surface area contributed by atoms with Gasteiger partial charge in [-0.05, 0) is 52.1 Å². The van der Waals surface area contributed by atoms with Crippen molar-refractivity contribution in [2.45, 2.75) is 71.0 Å². The second kappa shape index (κ2) is 13.4. The molecule has 0 radical (unpaired) electrons. The van der Waals surface area contributed by atoms with E-state index in [0.29, 0.717) is 12.1 Å². The molecule has 6 heteroatoms. The predicted molar refractivity (Wildman–Crippen MR) is 136 cm³/mol. The first-order chi connectivity index (χ1) is 13.4. The molecule has 1 saturated heterocycles. The maximum absolute atomic E-state index is 4.44. The zero-order valence-corrected chi connectivity index (χ0v) is 21.3. The third kappa shape index (κ3) is 9.66. The van der Waals surface area contributed by atoms with Gasteiger partial charge in [0.25, 0.3) is 0 Å². The number of unbranched alkanes of at least 4 members (excludes halogenated alkanes) is 1. The van der Waals surface area contributed by atoms with Crippen LogP contribution < -0.4 is 16.0 Å². The Morgan fingerprint density at radius 2 is 1.86 bits per heavy atom. The van der Waals surface area contributed by atoms with Gasteiger partial charge in [0.15, 0.2) is 5.96 Å². The van der Waals surface area contributed by atoms with Crippen LogP contribution in [0.5, 0.6) is 0 Å². The number of likely N-dealkylation sites (tertiary alicyclic amines) is 1. The summed E-state index contributed by atoms with van der Waals surface area (Å²) in [5, 5.41) is 10.9. The third-order valence-corrected chi connectivity index (χ3v) is 5.58. The molecule has 0 aromatic heterocycles. The van der Waals surface area contributed by atoms with Crippen molar-refractivity contribution >= 4 is 29.9 Å². The molecule has 0 aliphatic carbocycles. The summed E-state index contributed by atoms with van der Waals surface area (Å²) in [4.78, 5) is 7.04. The molecule has 1 aliphatic rings. The van der Waals surface area contributed by atoms with Crippen LogP contribution in [-0.4, -0.2) is 55.7 Å². The van der Waals surface area contributed by atoms with Gasteiger partial charge in [0.2, 0.25) is 0 Å². The van der Waals surface area contributed by atoms with Crippen LogP contribution in [0.25, 0.3) is 0 Å². The average Bonchev–Trinajstić information content (AvgIpc) is 2.70. The maximum Gasteiger partial charge on any atom is 0.191 e. The second-order valence-corrected chi connectivity index (χ2v) is 8.70. The van der Waals surface area contributed by atoms with Crippen molar-refractivity contribution in [1.29, 1.82) is 0 Å². The Hall–Kier alpha value is -0.860. The molecule has 29 heavy (non-hydrogen) atoms. The molecule has 0 amide bonds. The smallest absolute Gasteiger partial charge is 0.191 e. The molecule has 1 heterocycles. The second-order valence-electron chi connectivity index (χ2n) is 8.70. The summed E-state index contributed by atoms with van der Waals surface area (Å²) in [5.74, 6) is 0.911. The number of guanidine groups is 1. The summed E-state index contributed by atoms with van der Waals surface area (Å²) in [7, 11) is 1.86. The molecule has 166 valence electrons. The van der Waals surface area contributed by atoms with Crippen molar-refractivity contribution in [3.05, 3.63) is 35.9 Å². The highest BCUT2D eigenvalue weighted by Crippen LogP contribution is 2.16. The van der Waals surface area contributed by atoms with Gasteiger partial charge >= 0.3 is 0 Å². The summed E-state index contributed by atoms with van der Waals surface area (Å²) in [6, 6.07) is 11.4. The van der Waals surface area contributed by atoms with Gasteiger partial charge in [-0.1, -0.05) is 43.7 Å². The van der Waals surface area contributed by atoms with Crippen molar-refractivity contribution in [2.75, 3.05) is 33.2 Å². The topological polar surface area (TPSA) is 51.7 Å². The Bertz CT molecular complexity index is 582. The number of halogens is 1. The Balaban J connectivity index is 0.00000420. The van der Waals surface area contributed by atoms with E-state index in [1.165, 1.54) is 50.9 Å². The normalized spacial score (nSPS) is 17.5. The summed E-state index contributed by atoms with van der Waals surface area (Å²) >= 11 is 0. The Kier molecular flexibility index (Phi) is 12.1. The first kappa shape index (κ1) is 26.2. The summed E-state index contributed by atoms with van der Waals surface area (Å²) in [6.45, 7) is 13.4. The highest BCUT2D eigenvalue weighted by Gasteiger charge is 2.23. The summed E-state index contributed by atoms with van der Waals surface area (Å²) in [5.41, 5.74) is 1.27. The number of hydrogen-bond donors (Lipinski definition) is 3. The van der Waals surface area contributed by atoms with Crippen LogP contribution >= 0.6 is 24.0 Å². The van der Waals surface area contributed by atoms with E-state index in [4.69, 9.17) is 0 Å². The highest BCUT2D eigenvalue weighted by molar-refractivity contribution is 14.0. The minimum Gasteiger partial charge on any atom is -0.355 e. The van der Waals surface area contributed by atoms with Crippen molar-refractivity contribution in [3.63, 3.8) is 0 Å². The van der Waals surface area contributed by atoms with Crippen LogP contribution in [-0.2, 0) is 0 Å². The van der Waals surface area contributed by atoms with Gasteiger partial charge < -0.3 is 20.9 Å². The van der Waals surface area contributed by atoms with Crippen LogP contribution in [0.15, 0.2) is 35.3 Å². The minimum atomic E-state index is -0.0452. The van der Waals surface area contributed by atoms with E-state index in [0.717, 1.165) is 12.5 Å². The third-order valence-electron chi connectivity index (χ3n) is 5.58. The average molecular weight is 516 g/mol. The number of hydrogen-bond acceptors (Lipinski definition) is 3. The molecular formula is C23H42IN5. The van der Waals surface area contributed by atoms with E-state index in [1.807, 2.05) is 7.05 Å². The molecular weight excluding hydrogens is 473 g/mol. The van der Waals surface area contributed by atoms with E-state index in [1.54, 1.807) is 0 Å². The molecule has 5 nitrogen and oxygen atoms in total. The first-order valence-corrected chi connectivity index (χ1v) is 11.0. The quantitative estimate of drug-likeness (QED) is 0.263. The Morgan fingerprint density at radius 3 is 2.45 bits per heavy atom. The summed E-state index contributed by atoms with van der Waals surface area (Å²) < 4.78 is 0. The lowest BCUT2D eigenvalue weighted by atomic mass is 10.0. The number of rotatable bonds is 9. The lowest BCUT2D eigenvalue weighted by Gasteiger charge is -2.34. The van der Waals surface area contributed by atoms with E-state index in [2.05, 4.69) is 83.9 Å². The highest BCUT2D eigenvalue weighted by atomic mass is 127. The van der Waals surface area contributed by atoms with Crippen molar-refractivity contribution in [3.8, 4) is 0 Å². The lowest BCUT2D eigenvalue weighted by molar-refractivity contribution is 0.203. The summed E-state index contributed by atoms with van der Waals surface area (Å²) in [6.07, 6.45) is 4.97. The standard InChI is InChI=1S/C23H41N5.HI/c1-6-7-15-28-16-13-21(14-17-28)26-22(24-5)25-18-23(3,4)27-19(2)20-11-9-8-10-12-20;/h8-12,19,21,27H,6-7,13-18H2,1-5H3,(H2,24,25,26);1H. The van der Waals surface area contributed by atoms with Gasteiger partial charge in [0.05, 0.1) is 0 Å². The largest absolute Gasteiger partial charge is 0.355 e. The van der Waals surface area contributed by atoms with Crippen molar-refractivity contribution in [2.24, 2.45) is 4.99 Å². The number of nitrogens with one attached hydrogen (secondary N) is 3. The monoisotopic (exact) mass is 515 g/mol. The molecule has 0 spiro atoms. The minimum absolute atomic E-state index is 0. The zero-order chi connectivity index (χ0) is 20.4. The van der Waals surface area contributed by atoms with Crippen LogP contribution in [0.2, 0.25) is 0 Å². The molecule has 1 unspecified atom stereocenters. The number of nitrogens with zero attached hydrogens (tertiary/aromatic N) is 2. The molecule has 1 atom stereocenters. The number of piperidine rings is 1. The number of aliphatic imine (C=N–C) groups is 1. The first-order valence-electron chi connectivity index (χ1n) is 11.0. The van der Waals surface area contributed by atoms with Crippen LogP contribution in [0, 0.1) is 0 Å². The van der Waals surface area contributed by atoms with E-state index in [-0.39, 0.29) is 29.5 Å². The Morgan fingerprint density at radius 1 is 1.21 bits per heavy atom. The number of benzene rings is 1. The predicted octanol–water partition coefficient (Wildman–Crippen LogP) is 4.16. The van der Waals surface area contributed by atoms with Crippen LogP contribution in [0.4, 0.5) is 0 Å². The molecule has 1 fully saturated rings. The van der Waals surface area contributed by atoms with Gasteiger partial charge in [0, 0.05) is 44.3 Å². The fourth-order valence-corrected chi connectivity index (χ4v) is 3.84. The lowest BCUT2D eigenvalue weighted by Crippen LogP contribution is -2.54. The van der Waals surface area contributed by atoms with E-state index >= 15 is 0 Å². The van der Waals surface area contributed by atoms with Gasteiger partial charge in [0.1, 0.15) is 0 Å². The van der Waals surface area contributed by atoms with Gasteiger partial charge in [-0.25, -0.2) is 0 Å². The molecule has 2 rings (SSSR count). The molecule has 0 saturated carbocycles. The fraction of sp³-hybridized carbons (Fsp3) is 0.696. The van der Waals surface area contributed by atoms with E-state index in [9.17, 15) is 0 Å². The van der Waals surface area contributed by atoms with Crippen molar-refractivity contribution < 1.29 is 0 Å². The SMILES string of the molecule is CCCCN1CCC(NC(=NC)NCC(C)(C)NC(C)c2ccccc2)CC1.I. The van der Waals surface area contributed by atoms with Gasteiger partial charge in [-0.15, -0.1) is 24.0 Å². The fourth-order valence-electron chi connectivity index (χ4n) is 3.84. The molecule has 3 N–H and O–H groups in total. The van der Waals surface area contributed by atoms with Gasteiger partial charge in [-0.2, -0.15) is 0 Å². The molecule has 1 aliphatic heterocycles. The maximum atomic E-state index is 4.44. The zero-order valence-electron chi connectivity index (χ0n) is 19.0. The van der Waals surface area contributed by atoms with Crippen LogP contribution in [0.1, 0.15) is 65.0 Å². The molecule has 0 bridgehead atoms. The van der Waals surface area contributed by atoms with Crippen LogP contribution in [0.3, 0.4) is 0 Å². The molecule has 1 aromatic rings. The molecule has 1 aromatic carbocycles. The Labute approximate surface area is 195 Å². The van der Waals surface area contributed by atoms with Crippen molar-refractivity contribution in [1.82, 2.24) is 20.9 Å². The van der Waals surface area contributed by atoms with E-state index < -0.39 is 0 Å². The van der Waals surface area contributed by atoms with Gasteiger partial charge in [-0.3, -0.25) is 4.99 Å².